The molecule has 0 atom stereocenters. The van der Waals surface area contributed by atoms with Gasteiger partial charge in [0.15, 0.2) is 5.69 Å². The molecular formula is C22H27ClN4O. The molecule has 1 aliphatic carbocycles. The predicted molar refractivity (Wildman–Crippen MR) is 112 cm³/mol. The summed E-state index contributed by atoms with van der Waals surface area (Å²) in [6.07, 6.45) is 8.05. The lowest BCUT2D eigenvalue weighted by molar-refractivity contribution is 0.0683. The van der Waals surface area contributed by atoms with Crippen molar-refractivity contribution in [3.05, 3.63) is 52.8 Å². The van der Waals surface area contributed by atoms with E-state index < -0.39 is 0 Å². The molecule has 4 rings (SSSR count). The van der Waals surface area contributed by atoms with Crippen LogP contribution in [0.25, 0.3) is 0 Å². The van der Waals surface area contributed by atoms with Crippen LogP contribution in [0.5, 0.6) is 0 Å². The van der Waals surface area contributed by atoms with E-state index in [2.05, 4.69) is 45.2 Å². The Balaban J connectivity index is 1.43. The maximum Gasteiger partial charge on any atom is 0.274 e. The van der Waals surface area contributed by atoms with Crippen LogP contribution < -0.4 is 4.90 Å². The van der Waals surface area contributed by atoms with E-state index in [-0.39, 0.29) is 11.9 Å². The first kappa shape index (κ1) is 19.2. The summed E-state index contributed by atoms with van der Waals surface area (Å²) in [5, 5.41) is 0.331. The molecule has 148 valence electrons. The fourth-order valence-corrected chi connectivity index (χ4v) is 4.60. The second kappa shape index (κ2) is 8.48. The van der Waals surface area contributed by atoms with Crippen LogP contribution >= 0.6 is 11.6 Å². The molecule has 0 unspecified atom stereocenters. The molecule has 2 heterocycles. The molecule has 1 aliphatic heterocycles. The summed E-state index contributed by atoms with van der Waals surface area (Å²) < 4.78 is 0. The Morgan fingerprint density at radius 1 is 1.11 bits per heavy atom. The van der Waals surface area contributed by atoms with Crippen molar-refractivity contribution in [2.75, 3.05) is 25.0 Å². The molecule has 28 heavy (non-hydrogen) atoms. The third-order valence-electron chi connectivity index (χ3n) is 6.16. The van der Waals surface area contributed by atoms with Crippen LogP contribution in [0.1, 0.15) is 60.5 Å². The summed E-state index contributed by atoms with van der Waals surface area (Å²) >= 11 is 6.29. The fraction of sp³-hybridized carbons (Fsp3) is 0.500. The molecule has 1 saturated carbocycles. The highest BCUT2D eigenvalue weighted by molar-refractivity contribution is 6.33. The zero-order valence-electron chi connectivity index (χ0n) is 16.4. The van der Waals surface area contributed by atoms with E-state index in [9.17, 15) is 4.79 Å². The molecule has 1 aromatic heterocycles. The van der Waals surface area contributed by atoms with E-state index in [1.54, 1.807) is 6.20 Å². The molecule has 1 saturated heterocycles. The highest BCUT2D eigenvalue weighted by atomic mass is 35.5. The average molecular weight is 399 g/mol. The van der Waals surface area contributed by atoms with Crippen molar-refractivity contribution < 1.29 is 4.79 Å². The summed E-state index contributed by atoms with van der Waals surface area (Å²) in [6.45, 7) is 1.88. The number of carbonyl (C=O) groups excluding carboxylic acids is 1. The van der Waals surface area contributed by atoms with Crippen LogP contribution in [0, 0.1) is 0 Å². The second-order valence-electron chi connectivity index (χ2n) is 7.89. The zero-order chi connectivity index (χ0) is 19.5. The van der Waals surface area contributed by atoms with Crippen molar-refractivity contribution in [2.45, 2.75) is 50.5 Å². The Bertz CT molecular complexity index is 815. The molecule has 2 aromatic rings. The molecule has 0 N–H and O–H groups in total. The Labute approximate surface area is 171 Å². The monoisotopic (exact) mass is 398 g/mol. The number of hydrogen-bond donors (Lipinski definition) is 0. The van der Waals surface area contributed by atoms with Crippen molar-refractivity contribution in [1.82, 2.24) is 14.9 Å². The number of aromatic nitrogens is 2. The molecule has 2 aliphatic rings. The van der Waals surface area contributed by atoms with Gasteiger partial charge in [-0.15, -0.1) is 0 Å². The molecule has 0 radical (unpaired) electrons. The van der Waals surface area contributed by atoms with E-state index in [0.29, 0.717) is 22.6 Å². The van der Waals surface area contributed by atoms with Crippen LogP contribution in [-0.4, -0.2) is 47.0 Å². The smallest absolute Gasteiger partial charge is 0.274 e. The highest BCUT2D eigenvalue weighted by Crippen LogP contribution is 2.35. The van der Waals surface area contributed by atoms with Gasteiger partial charge in [-0.3, -0.25) is 4.79 Å². The third kappa shape index (κ3) is 4.00. The molecule has 0 bridgehead atoms. The lowest BCUT2D eigenvalue weighted by Crippen LogP contribution is -2.40. The van der Waals surface area contributed by atoms with E-state index >= 15 is 0 Å². The average Bonchev–Trinajstić information content (AvgIpc) is 3.29. The van der Waals surface area contributed by atoms with Crippen molar-refractivity contribution in [3.8, 4) is 0 Å². The molecule has 2 fully saturated rings. The van der Waals surface area contributed by atoms with Crippen molar-refractivity contribution in [1.29, 1.82) is 0 Å². The minimum Gasteiger partial charge on any atom is -0.341 e. The van der Waals surface area contributed by atoms with E-state index in [1.165, 1.54) is 5.56 Å². The Hall–Kier alpha value is -2.14. The summed E-state index contributed by atoms with van der Waals surface area (Å²) in [5.74, 6) is 1.10. The zero-order valence-corrected chi connectivity index (χ0v) is 17.1. The number of halogens is 1. The van der Waals surface area contributed by atoms with Gasteiger partial charge in [0.2, 0.25) is 5.95 Å². The van der Waals surface area contributed by atoms with Gasteiger partial charge in [0.25, 0.3) is 5.91 Å². The van der Waals surface area contributed by atoms with Crippen LogP contribution in [0.4, 0.5) is 5.95 Å². The lowest BCUT2D eigenvalue weighted by Gasteiger charge is -2.35. The first-order valence-electron chi connectivity index (χ1n) is 10.2. The number of carbonyl (C=O) groups is 1. The maximum absolute atomic E-state index is 13.1. The van der Waals surface area contributed by atoms with Crippen molar-refractivity contribution in [3.63, 3.8) is 0 Å². The Kier molecular flexibility index (Phi) is 5.81. The number of nitrogens with zero attached hydrogens (tertiary/aromatic N) is 4. The number of benzene rings is 1. The van der Waals surface area contributed by atoms with Gasteiger partial charge in [0.05, 0.1) is 11.2 Å². The van der Waals surface area contributed by atoms with Crippen molar-refractivity contribution in [2.24, 2.45) is 0 Å². The first-order chi connectivity index (χ1) is 13.6. The van der Waals surface area contributed by atoms with Crippen LogP contribution in [0.15, 0.2) is 36.5 Å². The third-order valence-corrected chi connectivity index (χ3v) is 6.44. The summed E-state index contributed by atoms with van der Waals surface area (Å²) in [4.78, 5) is 25.9. The Morgan fingerprint density at radius 3 is 2.46 bits per heavy atom. The highest BCUT2D eigenvalue weighted by Gasteiger charge is 2.30. The summed E-state index contributed by atoms with van der Waals surface area (Å²) in [5.41, 5.74) is 1.73. The van der Waals surface area contributed by atoms with Gasteiger partial charge >= 0.3 is 0 Å². The molecule has 6 heteroatoms. The quantitative estimate of drug-likeness (QED) is 0.759. The van der Waals surface area contributed by atoms with E-state index in [1.807, 2.05) is 11.9 Å². The number of hydrogen-bond acceptors (Lipinski definition) is 4. The first-order valence-corrected chi connectivity index (χ1v) is 10.6. The fourth-order valence-electron chi connectivity index (χ4n) is 4.43. The maximum atomic E-state index is 13.1. The van der Waals surface area contributed by atoms with E-state index in [0.717, 1.165) is 51.6 Å². The summed E-state index contributed by atoms with van der Waals surface area (Å²) in [6, 6.07) is 10.9. The normalized spacial score (nSPS) is 22.3. The minimum absolute atomic E-state index is 0.101. The van der Waals surface area contributed by atoms with Gasteiger partial charge in [-0.05, 0) is 50.0 Å². The van der Waals surface area contributed by atoms with Crippen LogP contribution in [-0.2, 0) is 0 Å². The molecule has 1 amide bonds. The topological polar surface area (TPSA) is 49.3 Å². The van der Waals surface area contributed by atoms with Crippen molar-refractivity contribution >= 4 is 23.5 Å². The Morgan fingerprint density at radius 2 is 1.79 bits per heavy atom. The van der Waals surface area contributed by atoms with Gasteiger partial charge in [0.1, 0.15) is 0 Å². The summed E-state index contributed by atoms with van der Waals surface area (Å²) in [7, 11) is 1.88. The van der Waals surface area contributed by atoms with Gasteiger partial charge < -0.3 is 9.80 Å². The van der Waals surface area contributed by atoms with Gasteiger partial charge in [-0.2, -0.15) is 0 Å². The largest absolute Gasteiger partial charge is 0.341 e. The SMILES string of the molecule is CN(C(=O)c1nc(N2CCCC2)ncc1Cl)C1CCC(c2ccccc2)CC1. The second-order valence-corrected chi connectivity index (χ2v) is 8.30. The van der Waals surface area contributed by atoms with Gasteiger partial charge in [-0.25, -0.2) is 9.97 Å². The molecular weight excluding hydrogens is 372 g/mol. The number of rotatable bonds is 4. The number of amides is 1. The van der Waals surface area contributed by atoms with Gasteiger partial charge in [0, 0.05) is 26.2 Å². The standard InChI is InChI=1S/C22H27ClN4O/c1-26(18-11-9-17(10-12-18)16-7-3-2-4-8-16)21(28)20-19(23)15-24-22(25-20)27-13-5-6-14-27/h2-4,7-8,15,17-18H,5-6,9-14H2,1H3. The van der Waals surface area contributed by atoms with Crippen LogP contribution in [0.3, 0.4) is 0 Å². The predicted octanol–water partition coefficient (Wildman–Crippen LogP) is 4.53. The molecule has 5 nitrogen and oxygen atoms in total. The van der Waals surface area contributed by atoms with Gasteiger partial charge in [-0.1, -0.05) is 41.9 Å². The number of anilines is 1. The minimum atomic E-state index is -0.101. The lowest BCUT2D eigenvalue weighted by atomic mass is 9.81. The molecule has 0 spiro atoms. The van der Waals surface area contributed by atoms with E-state index in [4.69, 9.17) is 11.6 Å². The molecule has 1 aromatic carbocycles. The van der Waals surface area contributed by atoms with Crippen LogP contribution in [0.2, 0.25) is 5.02 Å².